The van der Waals surface area contributed by atoms with Crippen molar-refractivity contribution in [3.05, 3.63) is 59.2 Å². The Balaban J connectivity index is 0.742. The monoisotopic (exact) mass is 870 g/mol. The van der Waals surface area contributed by atoms with Crippen molar-refractivity contribution in [1.82, 2.24) is 25.1 Å². The predicted octanol–water partition coefficient (Wildman–Crippen LogP) is 5.51. The minimum atomic E-state index is -0.258. The molecule has 3 aromatic rings. The van der Waals surface area contributed by atoms with Gasteiger partial charge in [-0.3, -0.25) is 29.4 Å². The molecule has 1 aliphatic carbocycles. The van der Waals surface area contributed by atoms with Gasteiger partial charge in [0.25, 0.3) is 0 Å². The van der Waals surface area contributed by atoms with Crippen molar-refractivity contribution < 1.29 is 19.2 Å². The topological polar surface area (TPSA) is 183 Å². The third-order valence-electron chi connectivity index (χ3n) is 13.6. The summed E-state index contributed by atoms with van der Waals surface area (Å²) in [5.74, 6) is 0.966. The fraction of sp³-hybridized carbons (Fsp3) is 0.556. The molecule has 14 nitrogen and oxygen atoms in total. The first-order valence-electron chi connectivity index (χ1n) is 22.0. The third kappa shape index (κ3) is 10.4. The molecule has 4 saturated heterocycles. The van der Waals surface area contributed by atoms with Gasteiger partial charge < -0.3 is 31.5 Å². The zero-order valence-electron chi connectivity index (χ0n) is 35.1. The fourth-order valence-corrected chi connectivity index (χ4v) is 10.7. The molecule has 2 aromatic carbocycles. The number of halogens is 1. The van der Waals surface area contributed by atoms with Crippen molar-refractivity contribution in [3.63, 3.8) is 0 Å². The first-order valence-corrected chi connectivity index (χ1v) is 23.2. The minimum absolute atomic E-state index is 0.0462. The Morgan fingerprint density at radius 1 is 0.885 bits per heavy atom. The normalized spacial score (nSPS) is 24.0. The molecular weight excluding hydrogens is 812 g/mol. The number of anilines is 4. The van der Waals surface area contributed by atoms with E-state index < -0.39 is 0 Å². The fourth-order valence-electron chi connectivity index (χ4n) is 9.56. The number of piperidine rings is 3. The molecule has 1 aromatic heterocycles. The van der Waals surface area contributed by atoms with Crippen LogP contribution in [0.25, 0.3) is 0 Å². The van der Waals surface area contributed by atoms with Crippen LogP contribution in [0.2, 0.25) is 5.02 Å². The number of amides is 4. The van der Waals surface area contributed by atoms with Gasteiger partial charge in [-0.2, -0.15) is 0 Å². The smallest absolute Gasteiger partial charge is 0.234 e. The number of rotatable bonds is 10. The number of nitrogen functional groups attached to an aromatic ring is 1. The molecule has 4 aliphatic heterocycles. The van der Waals surface area contributed by atoms with Crippen molar-refractivity contribution >= 4 is 70.0 Å². The standard InChI is InChI=1S/C45H59ClN10O4S/c1-45(48)17-21-55(22-18-45)37-27-49-43(40(47)51-37)61-36-4-2-3-35(39(36)46)50-41(58)31-5-7-32(8-6-31)44(60)56-25-23-53(24-26-56)28-29-15-19-54(20-16-29)33-11-9-30(10-12-33)34-13-14-38(57)52-42(34)59/h2-4,9-12,27,29,31-32,34H,5-8,13-26,28,48H2,1H3,(H2,47,51)(H,50,58)(H,52,57,59). The molecule has 0 spiro atoms. The maximum Gasteiger partial charge on any atom is 0.234 e. The molecule has 5 fully saturated rings. The molecule has 1 unspecified atom stereocenters. The molecule has 1 saturated carbocycles. The summed E-state index contributed by atoms with van der Waals surface area (Å²) < 4.78 is 0. The van der Waals surface area contributed by atoms with Crippen molar-refractivity contribution in [2.24, 2.45) is 23.5 Å². The summed E-state index contributed by atoms with van der Waals surface area (Å²) in [6.45, 7) is 10.0. The number of imide groups is 1. The van der Waals surface area contributed by atoms with Crippen LogP contribution in [0.5, 0.6) is 0 Å². The molecule has 8 rings (SSSR count). The molecule has 326 valence electrons. The predicted molar refractivity (Wildman–Crippen MR) is 240 cm³/mol. The maximum absolute atomic E-state index is 13.6. The summed E-state index contributed by atoms with van der Waals surface area (Å²) in [6, 6.07) is 13.8. The number of carbonyl (C=O) groups is 4. The van der Waals surface area contributed by atoms with Gasteiger partial charge in [-0.05, 0) is 100 Å². The average Bonchev–Trinajstić information content (AvgIpc) is 3.26. The van der Waals surface area contributed by atoms with Crippen LogP contribution >= 0.6 is 23.4 Å². The van der Waals surface area contributed by atoms with Gasteiger partial charge in [-0.1, -0.05) is 41.6 Å². The SMILES string of the molecule is CC1(N)CCN(c2cnc(Sc3cccc(NC(=O)C4CCC(C(=O)N5CCN(CC6CCN(c7ccc(C8CCC(=O)NC8=O)cc7)CC6)CC5)CC4)c3Cl)c(N)n2)CC1. The number of benzene rings is 2. The first-order chi connectivity index (χ1) is 29.4. The number of carbonyl (C=O) groups excluding carboxylic acids is 4. The average molecular weight is 872 g/mol. The molecule has 5 heterocycles. The van der Waals surface area contributed by atoms with E-state index in [0.29, 0.717) is 66.0 Å². The highest BCUT2D eigenvalue weighted by atomic mass is 35.5. The Labute approximate surface area is 367 Å². The van der Waals surface area contributed by atoms with E-state index in [-0.39, 0.29) is 46.9 Å². The lowest BCUT2D eigenvalue weighted by molar-refractivity contribution is -0.139. The van der Waals surface area contributed by atoms with E-state index in [1.807, 2.05) is 29.2 Å². The van der Waals surface area contributed by atoms with Crippen LogP contribution < -0.4 is 31.9 Å². The second-order valence-electron chi connectivity index (χ2n) is 18.0. The summed E-state index contributed by atoms with van der Waals surface area (Å²) in [5, 5.41) is 6.49. The van der Waals surface area contributed by atoms with Crippen LogP contribution in [0.1, 0.15) is 82.6 Å². The molecule has 0 radical (unpaired) electrons. The number of hydrogen-bond acceptors (Lipinski definition) is 12. The van der Waals surface area contributed by atoms with Gasteiger partial charge in [0.05, 0.1) is 22.8 Å². The number of nitrogens with two attached hydrogens (primary N) is 2. The molecule has 4 amide bonds. The highest BCUT2D eigenvalue weighted by Crippen LogP contribution is 2.40. The van der Waals surface area contributed by atoms with Gasteiger partial charge in [0.1, 0.15) is 10.8 Å². The Morgan fingerprint density at radius 2 is 1.57 bits per heavy atom. The summed E-state index contributed by atoms with van der Waals surface area (Å²) >= 11 is 8.15. The van der Waals surface area contributed by atoms with E-state index in [0.717, 1.165) is 101 Å². The quantitative estimate of drug-likeness (QED) is 0.188. The summed E-state index contributed by atoms with van der Waals surface area (Å²) in [4.78, 5) is 70.0. The van der Waals surface area contributed by atoms with E-state index in [2.05, 4.69) is 54.4 Å². The third-order valence-corrected chi connectivity index (χ3v) is 15.2. The Bertz CT molecular complexity index is 2070. The summed E-state index contributed by atoms with van der Waals surface area (Å²) in [7, 11) is 0. The van der Waals surface area contributed by atoms with Crippen LogP contribution in [0, 0.1) is 17.8 Å². The largest absolute Gasteiger partial charge is 0.381 e. The highest BCUT2D eigenvalue weighted by molar-refractivity contribution is 7.99. The van der Waals surface area contributed by atoms with Crippen molar-refractivity contribution in [2.75, 3.05) is 79.8 Å². The lowest BCUT2D eigenvalue weighted by atomic mass is 9.80. The van der Waals surface area contributed by atoms with Gasteiger partial charge in [0.2, 0.25) is 23.6 Å². The van der Waals surface area contributed by atoms with Crippen LogP contribution in [0.4, 0.5) is 23.0 Å². The van der Waals surface area contributed by atoms with Gasteiger partial charge >= 0.3 is 0 Å². The zero-order valence-corrected chi connectivity index (χ0v) is 36.7. The van der Waals surface area contributed by atoms with E-state index in [1.54, 1.807) is 12.3 Å². The van der Waals surface area contributed by atoms with Gasteiger partial charge in [0, 0.05) is 93.3 Å². The second-order valence-corrected chi connectivity index (χ2v) is 19.4. The van der Waals surface area contributed by atoms with Crippen LogP contribution in [-0.4, -0.2) is 108 Å². The van der Waals surface area contributed by atoms with Crippen LogP contribution in [-0.2, 0) is 19.2 Å². The van der Waals surface area contributed by atoms with Gasteiger partial charge in [0.15, 0.2) is 5.82 Å². The van der Waals surface area contributed by atoms with E-state index in [1.165, 1.54) is 17.4 Å². The summed E-state index contributed by atoms with van der Waals surface area (Å²) in [5.41, 5.74) is 15.2. The van der Waals surface area contributed by atoms with E-state index in [4.69, 9.17) is 23.1 Å². The molecule has 61 heavy (non-hydrogen) atoms. The Morgan fingerprint density at radius 3 is 2.25 bits per heavy atom. The molecule has 5 aliphatic rings. The Kier molecular flexibility index (Phi) is 13.4. The zero-order chi connectivity index (χ0) is 42.7. The molecule has 1 atom stereocenters. The van der Waals surface area contributed by atoms with Crippen molar-refractivity contribution in [3.8, 4) is 0 Å². The molecular formula is C45H59ClN10O4S. The number of piperazine rings is 1. The maximum atomic E-state index is 13.6. The van der Waals surface area contributed by atoms with Crippen molar-refractivity contribution in [2.45, 2.75) is 92.5 Å². The highest BCUT2D eigenvalue weighted by Gasteiger charge is 2.35. The van der Waals surface area contributed by atoms with Crippen LogP contribution in [0.15, 0.2) is 58.6 Å². The van der Waals surface area contributed by atoms with Crippen LogP contribution in [0.3, 0.4) is 0 Å². The molecule has 0 bridgehead atoms. The van der Waals surface area contributed by atoms with Gasteiger partial charge in [-0.25, -0.2) is 9.97 Å². The van der Waals surface area contributed by atoms with E-state index >= 15 is 0 Å². The summed E-state index contributed by atoms with van der Waals surface area (Å²) in [6.07, 6.45) is 9.41. The minimum Gasteiger partial charge on any atom is -0.381 e. The lowest BCUT2D eigenvalue weighted by Gasteiger charge is -2.40. The Hall–Kier alpha value is -4.44. The van der Waals surface area contributed by atoms with Gasteiger partial charge in [-0.15, -0.1) is 0 Å². The second kappa shape index (κ2) is 18.9. The van der Waals surface area contributed by atoms with E-state index in [9.17, 15) is 19.2 Å². The lowest BCUT2D eigenvalue weighted by Crippen LogP contribution is -2.52. The molecule has 16 heteroatoms. The number of nitrogens with zero attached hydrogens (tertiary/aromatic N) is 6. The number of nitrogens with one attached hydrogen (secondary N) is 2. The van der Waals surface area contributed by atoms with Crippen molar-refractivity contribution in [1.29, 1.82) is 0 Å². The first kappa shape index (κ1) is 43.2. The number of hydrogen-bond donors (Lipinski definition) is 4. The molecule has 6 N–H and O–H groups in total. The number of aromatic nitrogens is 2.